The highest BCUT2D eigenvalue weighted by Crippen LogP contribution is 2.27. The van der Waals surface area contributed by atoms with Crippen LogP contribution in [0.5, 0.6) is 0 Å². The first-order chi connectivity index (χ1) is 12.2. The second-order valence-electron chi connectivity index (χ2n) is 5.17. The molecule has 8 nitrogen and oxygen atoms in total. The predicted molar refractivity (Wildman–Crippen MR) is 101 cm³/mol. The van der Waals surface area contributed by atoms with Crippen molar-refractivity contribution in [2.75, 3.05) is 11.1 Å². The van der Waals surface area contributed by atoms with Gasteiger partial charge in [-0.3, -0.25) is 19.4 Å². The topological polar surface area (TPSA) is 138 Å². The largest absolute Gasteiger partial charge is 0.511 e. The zero-order chi connectivity index (χ0) is 19.4. The quantitative estimate of drug-likeness (QED) is 0.264. The van der Waals surface area contributed by atoms with E-state index < -0.39 is 17.2 Å². The van der Waals surface area contributed by atoms with Crippen molar-refractivity contribution < 1.29 is 14.7 Å². The van der Waals surface area contributed by atoms with E-state index in [-0.39, 0.29) is 32.9 Å². The van der Waals surface area contributed by atoms with Gasteiger partial charge in [0.15, 0.2) is 16.8 Å². The van der Waals surface area contributed by atoms with Gasteiger partial charge in [-0.2, -0.15) is 0 Å². The first-order valence-electron chi connectivity index (χ1n) is 7.24. The van der Waals surface area contributed by atoms with E-state index in [0.717, 1.165) is 11.8 Å². The highest BCUT2D eigenvalue weighted by molar-refractivity contribution is 8.03. The van der Waals surface area contributed by atoms with E-state index in [0.29, 0.717) is 5.02 Å². The Kier molecular flexibility index (Phi) is 6.06. The summed E-state index contributed by atoms with van der Waals surface area (Å²) in [4.78, 5) is 42.3. The molecule has 1 amide bonds. The molecule has 0 aliphatic heterocycles. The lowest BCUT2D eigenvalue weighted by atomic mass is 10.2. The van der Waals surface area contributed by atoms with Crippen LogP contribution in [0.25, 0.3) is 0 Å². The number of H-pyrrole nitrogens is 1. The van der Waals surface area contributed by atoms with Gasteiger partial charge in [-0.25, -0.2) is 4.98 Å². The van der Waals surface area contributed by atoms with Gasteiger partial charge in [-0.05, 0) is 49.9 Å². The van der Waals surface area contributed by atoms with Crippen LogP contribution in [0.15, 0.2) is 44.9 Å². The van der Waals surface area contributed by atoms with E-state index in [9.17, 15) is 19.5 Å². The van der Waals surface area contributed by atoms with Gasteiger partial charge in [-0.15, -0.1) is 0 Å². The number of carbonyl (C=O) groups excluding carboxylic acids is 2. The summed E-state index contributed by atoms with van der Waals surface area (Å²) in [7, 11) is 0. The molecule has 1 heterocycles. The average molecular weight is 395 g/mol. The van der Waals surface area contributed by atoms with Gasteiger partial charge in [0.2, 0.25) is 0 Å². The maximum Gasteiger partial charge on any atom is 0.277 e. The zero-order valence-electron chi connectivity index (χ0n) is 13.8. The van der Waals surface area contributed by atoms with Crippen molar-refractivity contribution in [1.82, 2.24) is 9.97 Å². The fraction of sp³-hybridized carbons (Fsp3) is 0.125. The summed E-state index contributed by atoms with van der Waals surface area (Å²) in [5.41, 5.74) is 5.13. The Hall–Kier alpha value is -2.78. The lowest BCUT2D eigenvalue weighted by molar-refractivity contribution is -0.113. The Balaban J connectivity index is 2.28. The summed E-state index contributed by atoms with van der Waals surface area (Å²) >= 11 is 6.53. The number of nitrogens with one attached hydrogen (secondary N) is 2. The lowest BCUT2D eigenvalue weighted by Crippen LogP contribution is -2.23. The van der Waals surface area contributed by atoms with E-state index in [1.807, 2.05) is 0 Å². The van der Waals surface area contributed by atoms with Crippen molar-refractivity contribution in [3.05, 3.63) is 55.9 Å². The molecule has 0 atom stereocenters. The summed E-state index contributed by atoms with van der Waals surface area (Å²) in [5, 5.41) is 12.4. The maximum atomic E-state index is 12.2. The molecule has 0 spiro atoms. The SMILES string of the molecule is CC(=O)/C(Sc1nc(N)c(NC(=O)c2ccc(Cl)cc2)c(=O)[nH]1)=C(\C)O. The van der Waals surface area contributed by atoms with Gasteiger partial charge in [-0.1, -0.05) is 11.6 Å². The average Bonchev–Trinajstić information content (AvgIpc) is 2.55. The fourth-order valence-electron chi connectivity index (χ4n) is 1.92. The molecule has 1 aromatic heterocycles. The van der Waals surface area contributed by atoms with Crippen LogP contribution in [0, 0.1) is 0 Å². The predicted octanol–water partition coefficient (Wildman–Crippen LogP) is 2.73. The summed E-state index contributed by atoms with van der Waals surface area (Å²) in [6.45, 7) is 2.61. The summed E-state index contributed by atoms with van der Waals surface area (Å²) < 4.78 is 0. The number of Topliss-reactive ketones (excluding diaryl/α,β-unsaturated/α-hetero) is 1. The Bertz CT molecular complexity index is 950. The third kappa shape index (κ3) is 4.64. The number of aromatic nitrogens is 2. The number of rotatable bonds is 5. The molecule has 0 unspecified atom stereocenters. The standard InChI is InChI=1S/C16H15ClN4O4S/c1-7(22)12(8(2)23)26-16-20-13(18)11(15(25)21-16)19-14(24)9-3-5-10(17)6-4-9/h3-6,22H,1-2H3,(H,19,24)(H3,18,20,21,25)/b12-7-. The van der Waals surface area contributed by atoms with Crippen molar-refractivity contribution in [3.8, 4) is 0 Å². The summed E-state index contributed by atoms with van der Waals surface area (Å²) in [6, 6.07) is 6.06. The highest BCUT2D eigenvalue weighted by Gasteiger charge is 2.17. The van der Waals surface area contributed by atoms with E-state index in [2.05, 4.69) is 15.3 Å². The second kappa shape index (κ2) is 8.07. The zero-order valence-corrected chi connectivity index (χ0v) is 15.4. The molecule has 5 N–H and O–H groups in total. The first kappa shape index (κ1) is 19.5. The number of nitrogen functional groups attached to an aromatic ring is 1. The number of nitrogens with two attached hydrogens (primary N) is 1. The monoisotopic (exact) mass is 394 g/mol. The second-order valence-corrected chi connectivity index (χ2v) is 6.60. The number of nitrogens with zero attached hydrogens (tertiary/aromatic N) is 1. The fourth-order valence-corrected chi connectivity index (χ4v) is 2.82. The number of amides is 1. The number of aliphatic hydroxyl groups excluding tert-OH is 1. The minimum Gasteiger partial charge on any atom is -0.511 e. The van der Waals surface area contributed by atoms with E-state index in [1.165, 1.54) is 38.1 Å². The minimum atomic E-state index is -0.694. The number of benzene rings is 1. The Morgan fingerprint density at radius 3 is 2.38 bits per heavy atom. The van der Waals surface area contributed by atoms with Crippen LogP contribution in [0.3, 0.4) is 0 Å². The molecule has 2 aromatic rings. The molecule has 0 radical (unpaired) electrons. The van der Waals surface area contributed by atoms with Crippen molar-refractivity contribution in [2.45, 2.75) is 19.0 Å². The van der Waals surface area contributed by atoms with Crippen LogP contribution in [-0.2, 0) is 4.79 Å². The Morgan fingerprint density at radius 1 is 1.27 bits per heavy atom. The first-order valence-corrected chi connectivity index (χ1v) is 8.43. The molecular weight excluding hydrogens is 380 g/mol. The van der Waals surface area contributed by atoms with Gasteiger partial charge < -0.3 is 16.2 Å². The maximum absolute atomic E-state index is 12.2. The number of ketones is 1. The van der Waals surface area contributed by atoms with E-state index in [1.54, 1.807) is 0 Å². The summed E-state index contributed by atoms with van der Waals surface area (Å²) in [6.07, 6.45) is 0. The lowest BCUT2D eigenvalue weighted by Gasteiger charge is -2.09. The number of allylic oxidation sites excluding steroid dienone is 2. The molecule has 0 saturated carbocycles. The van der Waals surface area contributed by atoms with E-state index in [4.69, 9.17) is 17.3 Å². The number of aromatic amines is 1. The molecule has 136 valence electrons. The molecule has 0 fully saturated rings. The number of hydrogen-bond donors (Lipinski definition) is 4. The highest BCUT2D eigenvalue weighted by atomic mass is 35.5. The van der Waals surface area contributed by atoms with Gasteiger partial charge in [0.25, 0.3) is 11.5 Å². The summed E-state index contributed by atoms with van der Waals surface area (Å²) in [5.74, 6) is -1.38. The van der Waals surface area contributed by atoms with Crippen LogP contribution >= 0.6 is 23.4 Å². The number of anilines is 2. The van der Waals surface area contributed by atoms with Crippen LogP contribution in [0.4, 0.5) is 11.5 Å². The van der Waals surface area contributed by atoms with Crippen molar-refractivity contribution in [2.24, 2.45) is 0 Å². The number of halogens is 1. The number of carbonyl (C=O) groups is 2. The molecule has 10 heteroatoms. The van der Waals surface area contributed by atoms with Gasteiger partial charge >= 0.3 is 0 Å². The van der Waals surface area contributed by atoms with Crippen molar-refractivity contribution >= 4 is 46.6 Å². The van der Waals surface area contributed by atoms with Gasteiger partial charge in [0.1, 0.15) is 11.4 Å². The Morgan fingerprint density at radius 2 is 1.88 bits per heavy atom. The number of hydrogen-bond acceptors (Lipinski definition) is 7. The van der Waals surface area contributed by atoms with Gasteiger partial charge in [0.05, 0.1) is 4.91 Å². The number of aliphatic hydroxyl groups is 1. The van der Waals surface area contributed by atoms with Gasteiger partial charge in [0, 0.05) is 10.6 Å². The van der Waals surface area contributed by atoms with Crippen molar-refractivity contribution in [3.63, 3.8) is 0 Å². The molecule has 1 aromatic carbocycles. The third-order valence-corrected chi connectivity index (χ3v) is 4.54. The third-order valence-electron chi connectivity index (χ3n) is 3.12. The molecule has 0 bridgehead atoms. The van der Waals surface area contributed by atoms with Crippen LogP contribution < -0.4 is 16.6 Å². The van der Waals surface area contributed by atoms with Crippen LogP contribution in [0.2, 0.25) is 5.02 Å². The molecule has 0 aliphatic carbocycles. The number of thioether (sulfide) groups is 1. The molecule has 0 aliphatic rings. The normalized spacial score (nSPS) is 11.7. The van der Waals surface area contributed by atoms with Crippen LogP contribution in [-0.4, -0.2) is 26.8 Å². The molecule has 2 rings (SSSR count). The minimum absolute atomic E-state index is 0.00981. The molecular formula is C16H15ClN4O4S. The van der Waals surface area contributed by atoms with Crippen LogP contribution in [0.1, 0.15) is 24.2 Å². The molecule has 0 saturated heterocycles. The van der Waals surface area contributed by atoms with E-state index >= 15 is 0 Å². The van der Waals surface area contributed by atoms with Crippen molar-refractivity contribution in [1.29, 1.82) is 0 Å². The molecule has 26 heavy (non-hydrogen) atoms. The Labute approximate surface area is 157 Å². The smallest absolute Gasteiger partial charge is 0.277 e.